The van der Waals surface area contributed by atoms with E-state index in [-0.39, 0.29) is 11.5 Å². The number of benzene rings is 3. The van der Waals surface area contributed by atoms with Gasteiger partial charge in [0, 0.05) is 12.4 Å². The fourth-order valence-electron chi connectivity index (χ4n) is 2.50. The van der Waals surface area contributed by atoms with Gasteiger partial charge < -0.3 is 10.2 Å². The number of nitrogens with zero attached hydrogens (tertiary/aromatic N) is 2. The summed E-state index contributed by atoms with van der Waals surface area (Å²) < 4.78 is 0. The number of hydrogen-bond acceptors (Lipinski definition) is 4. The van der Waals surface area contributed by atoms with Crippen LogP contribution in [-0.2, 0) is 0 Å². The normalized spacial score (nSPS) is 11.5. The van der Waals surface area contributed by atoms with Crippen LogP contribution in [0.25, 0.3) is 0 Å². The van der Waals surface area contributed by atoms with Gasteiger partial charge in [-0.3, -0.25) is 9.98 Å². The lowest BCUT2D eigenvalue weighted by Gasteiger charge is -2.11. The van der Waals surface area contributed by atoms with Gasteiger partial charge in [-0.2, -0.15) is 0 Å². The SMILES string of the molecule is Cc1ccc([O-])c(C=Nc2ccccc2N=Cc2cc(C)ccc2[O-])c1. The zero-order chi connectivity index (χ0) is 18.5. The smallest absolute Gasteiger partial charge is 0.0886 e. The summed E-state index contributed by atoms with van der Waals surface area (Å²) in [4.78, 5) is 8.83. The molecule has 3 aromatic carbocycles. The molecule has 26 heavy (non-hydrogen) atoms. The number of aryl methyl sites for hydroxylation is 2. The van der Waals surface area contributed by atoms with Crippen LogP contribution in [0.15, 0.2) is 70.6 Å². The molecule has 4 heteroatoms. The van der Waals surface area contributed by atoms with Crippen molar-refractivity contribution in [1.82, 2.24) is 0 Å². The van der Waals surface area contributed by atoms with Crippen molar-refractivity contribution in [2.45, 2.75) is 13.8 Å². The molecule has 0 spiro atoms. The van der Waals surface area contributed by atoms with Gasteiger partial charge in [0.25, 0.3) is 0 Å². The molecule has 4 nitrogen and oxygen atoms in total. The van der Waals surface area contributed by atoms with E-state index in [9.17, 15) is 10.2 Å². The van der Waals surface area contributed by atoms with Gasteiger partial charge in [-0.1, -0.05) is 59.7 Å². The Morgan fingerprint density at radius 1 is 0.654 bits per heavy atom. The van der Waals surface area contributed by atoms with Crippen molar-refractivity contribution < 1.29 is 10.2 Å². The third-order valence-corrected chi connectivity index (χ3v) is 3.90. The first-order valence-corrected chi connectivity index (χ1v) is 8.25. The maximum atomic E-state index is 11.9. The molecule has 0 unspecified atom stereocenters. The Kier molecular flexibility index (Phi) is 5.13. The van der Waals surface area contributed by atoms with Gasteiger partial charge in [0.2, 0.25) is 0 Å². The third-order valence-electron chi connectivity index (χ3n) is 3.90. The van der Waals surface area contributed by atoms with E-state index in [4.69, 9.17) is 0 Å². The monoisotopic (exact) mass is 342 g/mol. The molecule has 0 atom stereocenters. The Labute approximate surface area is 152 Å². The molecular formula is C22H18N2O2-2. The highest BCUT2D eigenvalue weighted by molar-refractivity contribution is 5.89. The van der Waals surface area contributed by atoms with E-state index >= 15 is 0 Å². The number of hydrogen-bond donors (Lipinski definition) is 0. The quantitative estimate of drug-likeness (QED) is 0.674. The summed E-state index contributed by atoms with van der Waals surface area (Å²) in [6.07, 6.45) is 3.10. The van der Waals surface area contributed by atoms with Gasteiger partial charge in [-0.25, -0.2) is 0 Å². The van der Waals surface area contributed by atoms with Gasteiger partial charge in [0.1, 0.15) is 0 Å². The van der Waals surface area contributed by atoms with Crippen LogP contribution in [0.5, 0.6) is 11.5 Å². The molecule has 0 aliphatic rings. The van der Waals surface area contributed by atoms with Crippen molar-refractivity contribution in [2.24, 2.45) is 9.98 Å². The largest absolute Gasteiger partial charge is 0.872 e. The standard InChI is InChI=1S/C22H20N2O2/c1-15-7-9-21(25)17(11-15)13-23-19-5-3-4-6-20(19)24-14-18-12-16(2)8-10-22(18)26/h3-14,25-26H,1-2H3/p-2. The number of para-hydroxylation sites is 2. The third kappa shape index (κ3) is 4.16. The van der Waals surface area contributed by atoms with Crippen LogP contribution < -0.4 is 10.2 Å². The summed E-state index contributed by atoms with van der Waals surface area (Å²) in [5.41, 5.74) is 4.32. The van der Waals surface area contributed by atoms with E-state index in [2.05, 4.69) is 9.98 Å². The Morgan fingerprint density at radius 2 is 1.08 bits per heavy atom. The van der Waals surface area contributed by atoms with Crippen molar-refractivity contribution >= 4 is 23.8 Å². The highest BCUT2D eigenvalue weighted by Gasteiger charge is 1.99. The summed E-state index contributed by atoms with van der Waals surface area (Å²) in [7, 11) is 0. The van der Waals surface area contributed by atoms with E-state index in [1.165, 1.54) is 12.1 Å². The van der Waals surface area contributed by atoms with Crippen LogP contribution >= 0.6 is 0 Å². The summed E-state index contributed by atoms with van der Waals surface area (Å²) in [6, 6.07) is 17.6. The molecule has 0 heterocycles. The number of aliphatic imine (C=N–C) groups is 2. The van der Waals surface area contributed by atoms with Crippen molar-refractivity contribution in [3.63, 3.8) is 0 Å². The second kappa shape index (κ2) is 7.66. The van der Waals surface area contributed by atoms with E-state index in [1.54, 1.807) is 36.7 Å². The molecule has 0 bridgehead atoms. The second-order valence-corrected chi connectivity index (χ2v) is 6.09. The molecule has 0 fully saturated rings. The van der Waals surface area contributed by atoms with E-state index in [0.29, 0.717) is 22.5 Å². The van der Waals surface area contributed by atoms with Gasteiger partial charge in [0.05, 0.1) is 11.4 Å². The molecule has 0 N–H and O–H groups in total. The van der Waals surface area contributed by atoms with Crippen molar-refractivity contribution in [3.8, 4) is 11.5 Å². The summed E-state index contributed by atoms with van der Waals surface area (Å²) in [5.74, 6) is -0.146. The molecule has 130 valence electrons. The molecule has 0 radical (unpaired) electrons. The first kappa shape index (κ1) is 17.4. The predicted octanol–water partition coefficient (Wildman–Crippen LogP) is 3.95. The van der Waals surface area contributed by atoms with Crippen LogP contribution in [0, 0.1) is 13.8 Å². The lowest BCUT2D eigenvalue weighted by atomic mass is 10.1. The van der Waals surface area contributed by atoms with Crippen LogP contribution in [0.4, 0.5) is 11.4 Å². The predicted molar refractivity (Wildman–Crippen MR) is 102 cm³/mol. The molecule has 3 rings (SSSR count). The molecule has 0 aromatic heterocycles. The Morgan fingerprint density at radius 3 is 1.50 bits per heavy atom. The first-order valence-electron chi connectivity index (χ1n) is 8.25. The average Bonchev–Trinajstić information content (AvgIpc) is 2.64. The van der Waals surface area contributed by atoms with Crippen molar-refractivity contribution in [2.75, 3.05) is 0 Å². The van der Waals surface area contributed by atoms with Crippen LogP contribution in [0.1, 0.15) is 22.3 Å². The molecule has 0 saturated carbocycles. The highest BCUT2D eigenvalue weighted by Crippen LogP contribution is 2.28. The minimum atomic E-state index is -0.0731. The van der Waals surface area contributed by atoms with Gasteiger partial charge >= 0.3 is 0 Å². The Balaban J connectivity index is 1.91. The first-order chi connectivity index (χ1) is 12.5. The fourth-order valence-corrected chi connectivity index (χ4v) is 2.50. The van der Waals surface area contributed by atoms with Gasteiger partial charge in [-0.05, 0) is 37.1 Å². The number of rotatable bonds is 4. The van der Waals surface area contributed by atoms with E-state index in [0.717, 1.165) is 11.1 Å². The minimum Gasteiger partial charge on any atom is -0.872 e. The zero-order valence-electron chi connectivity index (χ0n) is 14.6. The zero-order valence-corrected chi connectivity index (χ0v) is 14.6. The van der Waals surface area contributed by atoms with Crippen LogP contribution in [-0.4, -0.2) is 12.4 Å². The minimum absolute atomic E-state index is 0.0731. The maximum absolute atomic E-state index is 11.9. The van der Waals surface area contributed by atoms with Gasteiger partial charge in [-0.15, -0.1) is 11.5 Å². The van der Waals surface area contributed by atoms with Crippen LogP contribution in [0.3, 0.4) is 0 Å². The molecule has 0 aliphatic heterocycles. The Bertz CT molecular complexity index is 911. The molecule has 0 saturated heterocycles. The lowest BCUT2D eigenvalue weighted by Crippen LogP contribution is -1.96. The summed E-state index contributed by atoms with van der Waals surface area (Å²) in [5, 5.41) is 23.8. The molecular weight excluding hydrogens is 324 g/mol. The lowest BCUT2D eigenvalue weighted by molar-refractivity contribution is -0.269. The second-order valence-electron chi connectivity index (χ2n) is 6.09. The van der Waals surface area contributed by atoms with Crippen LogP contribution in [0.2, 0.25) is 0 Å². The van der Waals surface area contributed by atoms with E-state index in [1.807, 2.05) is 38.1 Å². The molecule has 3 aromatic rings. The Hall–Kier alpha value is -3.40. The summed E-state index contributed by atoms with van der Waals surface area (Å²) in [6.45, 7) is 3.86. The molecule has 0 aliphatic carbocycles. The van der Waals surface area contributed by atoms with E-state index < -0.39 is 0 Å². The summed E-state index contributed by atoms with van der Waals surface area (Å²) >= 11 is 0. The highest BCUT2D eigenvalue weighted by atomic mass is 16.3. The molecule has 0 amide bonds. The van der Waals surface area contributed by atoms with Gasteiger partial charge in [0.15, 0.2) is 0 Å². The van der Waals surface area contributed by atoms with Crippen molar-refractivity contribution in [3.05, 3.63) is 82.9 Å². The van der Waals surface area contributed by atoms with Crippen molar-refractivity contribution in [1.29, 1.82) is 0 Å². The fraction of sp³-hybridized carbons (Fsp3) is 0.0909. The average molecular weight is 342 g/mol. The maximum Gasteiger partial charge on any atom is 0.0886 e. The topological polar surface area (TPSA) is 70.8 Å².